The Morgan fingerprint density at radius 3 is 2.50 bits per heavy atom. The first-order chi connectivity index (χ1) is 15.3. The van der Waals surface area contributed by atoms with Gasteiger partial charge in [-0.25, -0.2) is 8.78 Å². The van der Waals surface area contributed by atoms with Crippen molar-refractivity contribution in [3.63, 3.8) is 0 Å². The minimum Gasteiger partial charge on any atom is -0.364 e. The smallest absolute Gasteiger partial charge is 0.262 e. The maximum Gasteiger partial charge on any atom is 0.262 e. The molecule has 1 fully saturated rings. The Hall–Kier alpha value is -2.96. The molecule has 4 nitrogen and oxygen atoms in total. The van der Waals surface area contributed by atoms with Gasteiger partial charge in [0.25, 0.3) is 5.91 Å². The van der Waals surface area contributed by atoms with Crippen LogP contribution in [0.25, 0.3) is 11.1 Å². The number of anilines is 2. The molecular weight excluding hydrogens is 457 g/mol. The first kappa shape index (κ1) is 22.2. The van der Waals surface area contributed by atoms with Crippen LogP contribution in [0.3, 0.4) is 0 Å². The molecule has 0 unspecified atom stereocenters. The molecule has 8 heteroatoms. The third kappa shape index (κ3) is 4.08. The molecule has 4 rings (SSSR count). The Morgan fingerprint density at radius 1 is 1.09 bits per heavy atom. The number of halogens is 4. The lowest BCUT2D eigenvalue weighted by Gasteiger charge is -2.39. The number of nitrogens with zero attached hydrogens (tertiary/aromatic N) is 2. The summed E-state index contributed by atoms with van der Waals surface area (Å²) < 4.78 is 28.0. The van der Waals surface area contributed by atoms with Crippen molar-refractivity contribution in [1.82, 2.24) is 0 Å². The molecule has 0 bridgehead atoms. The Kier molecular flexibility index (Phi) is 6.17. The number of aldehydes is 1. The van der Waals surface area contributed by atoms with E-state index in [1.54, 1.807) is 41.3 Å². The quantitative estimate of drug-likeness (QED) is 0.422. The Balaban J connectivity index is 1.79. The van der Waals surface area contributed by atoms with Gasteiger partial charge >= 0.3 is 0 Å². The van der Waals surface area contributed by atoms with E-state index in [-0.39, 0.29) is 23.7 Å². The van der Waals surface area contributed by atoms with Gasteiger partial charge in [0.15, 0.2) is 0 Å². The predicted octanol–water partition coefficient (Wildman–Crippen LogP) is 6.05. The van der Waals surface area contributed by atoms with E-state index in [1.807, 2.05) is 0 Å². The molecule has 1 saturated heterocycles. The van der Waals surface area contributed by atoms with E-state index >= 15 is 0 Å². The van der Waals surface area contributed by atoms with Crippen LogP contribution in [0.2, 0.25) is 10.0 Å². The van der Waals surface area contributed by atoms with Crippen molar-refractivity contribution in [2.24, 2.45) is 0 Å². The highest BCUT2D eigenvalue weighted by Crippen LogP contribution is 2.39. The van der Waals surface area contributed by atoms with Gasteiger partial charge in [-0.2, -0.15) is 0 Å². The van der Waals surface area contributed by atoms with Gasteiger partial charge in [0.05, 0.1) is 35.1 Å². The number of benzene rings is 3. The zero-order valence-corrected chi connectivity index (χ0v) is 18.5. The van der Waals surface area contributed by atoms with Crippen LogP contribution in [0.5, 0.6) is 0 Å². The molecule has 0 aliphatic carbocycles. The van der Waals surface area contributed by atoms with Crippen molar-refractivity contribution < 1.29 is 18.4 Å². The van der Waals surface area contributed by atoms with Crippen molar-refractivity contribution in [2.45, 2.75) is 6.17 Å². The maximum atomic E-state index is 14.3. The summed E-state index contributed by atoms with van der Waals surface area (Å²) in [6.07, 6.45) is -0.251. The molecule has 0 N–H and O–H groups in total. The molecule has 0 saturated carbocycles. The average molecular weight is 475 g/mol. The van der Waals surface area contributed by atoms with Gasteiger partial charge in [-0.3, -0.25) is 9.59 Å². The lowest BCUT2D eigenvalue weighted by Crippen LogP contribution is -2.49. The van der Waals surface area contributed by atoms with Crippen molar-refractivity contribution in [3.05, 3.63) is 81.6 Å². The van der Waals surface area contributed by atoms with Gasteiger partial charge in [-0.05, 0) is 42.0 Å². The van der Waals surface area contributed by atoms with Crippen LogP contribution in [0, 0.1) is 5.82 Å². The van der Waals surface area contributed by atoms with Crippen LogP contribution in [0.15, 0.2) is 54.6 Å². The molecule has 0 spiro atoms. The highest BCUT2D eigenvalue weighted by Gasteiger charge is 2.31. The summed E-state index contributed by atoms with van der Waals surface area (Å²) in [7, 11) is 1.51. The second-order valence-corrected chi connectivity index (χ2v) is 8.34. The fraction of sp³-hybridized carbons (Fsp3) is 0.167. The third-order valence-corrected chi connectivity index (χ3v) is 6.08. The van der Waals surface area contributed by atoms with E-state index in [9.17, 15) is 18.4 Å². The van der Waals surface area contributed by atoms with Crippen LogP contribution >= 0.6 is 23.2 Å². The molecule has 164 valence electrons. The molecule has 3 aromatic carbocycles. The number of amides is 1. The summed E-state index contributed by atoms with van der Waals surface area (Å²) in [5.74, 6) is -1.35. The molecule has 1 heterocycles. The van der Waals surface area contributed by atoms with Gasteiger partial charge in [-0.1, -0.05) is 41.4 Å². The Morgan fingerprint density at radius 2 is 1.84 bits per heavy atom. The van der Waals surface area contributed by atoms with Gasteiger partial charge in [0.2, 0.25) is 0 Å². The molecule has 0 radical (unpaired) electrons. The van der Waals surface area contributed by atoms with Gasteiger partial charge in [0, 0.05) is 23.2 Å². The summed E-state index contributed by atoms with van der Waals surface area (Å²) in [6.45, 7) is 0.335. The fourth-order valence-corrected chi connectivity index (χ4v) is 4.14. The van der Waals surface area contributed by atoms with Crippen molar-refractivity contribution in [2.75, 3.05) is 29.9 Å². The van der Waals surface area contributed by atoms with E-state index in [2.05, 4.69) is 0 Å². The number of hydrogen-bond donors (Lipinski definition) is 0. The molecule has 1 aliphatic rings. The monoisotopic (exact) mass is 474 g/mol. The number of rotatable bonds is 5. The lowest BCUT2D eigenvalue weighted by molar-refractivity contribution is 0.0989. The fourth-order valence-electron chi connectivity index (χ4n) is 3.67. The number of alkyl halides is 1. The molecular formula is C24H18Cl2F2N2O2. The third-order valence-electron chi connectivity index (χ3n) is 5.43. The molecule has 0 aromatic heterocycles. The van der Waals surface area contributed by atoms with Crippen molar-refractivity contribution in [1.29, 1.82) is 0 Å². The zero-order valence-electron chi connectivity index (χ0n) is 17.0. The normalized spacial score (nSPS) is 13.6. The van der Waals surface area contributed by atoms with Crippen LogP contribution in [0.1, 0.15) is 20.7 Å². The van der Waals surface area contributed by atoms with Crippen molar-refractivity contribution >= 4 is 46.8 Å². The average Bonchev–Trinajstić information content (AvgIpc) is 2.76. The van der Waals surface area contributed by atoms with Crippen molar-refractivity contribution in [3.8, 4) is 11.1 Å². The highest BCUT2D eigenvalue weighted by atomic mass is 35.5. The van der Waals surface area contributed by atoms with Gasteiger partial charge < -0.3 is 9.80 Å². The van der Waals surface area contributed by atoms with E-state index < -0.39 is 17.9 Å². The van der Waals surface area contributed by atoms with Crippen LogP contribution < -0.4 is 9.80 Å². The summed E-state index contributed by atoms with van der Waals surface area (Å²) in [5.41, 5.74) is 2.61. The molecule has 3 aromatic rings. The number of hydrogen-bond acceptors (Lipinski definition) is 3. The maximum absolute atomic E-state index is 14.3. The molecule has 0 atom stereocenters. The molecule has 32 heavy (non-hydrogen) atoms. The Bertz CT molecular complexity index is 1190. The Labute approximate surface area is 194 Å². The predicted molar refractivity (Wildman–Crippen MR) is 124 cm³/mol. The van der Waals surface area contributed by atoms with Gasteiger partial charge in [0.1, 0.15) is 18.3 Å². The first-order valence-corrected chi connectivity index (χ1v) is 10.6. The number of carbonyl (C=O) groups excluding carboxylic acids is 2. The first-order valence-electron chi connectivity index (χ1n) is 9.80. The summed E-state index contributed by atoms with van der Waals surface area (Å²) in [4.78, 5) is 27.3. The van der Waals surface area contributed by atoms with E-state index in [1.165, 1.54) is 30.1 Å². The lowest BCUT2D eigenvalue weighted by atomic mass is 10.00. The molecule has 1 amide bonds. The SMILES string of the molecule is CN(C(=O)c1c(F)cccc1Cl)c1ccc(-c2cc(C=O)ccc2Cl)cc1N1CC(F)C1. The second kappa shape index (κ2) is 8.88. The summed E-state index contributed by atoms with van der Waals surface area (Å²) in [6, 6.07) is 14.2. The zero-order chi connectivity index (χ0) is 23.0. The minimum atomic E-state index is -0.976. The van der Waals surface area contributed by atoms with Gasteiger partial charge in [-0.15, -0.1) is 0 Å². The van der Waals surface area contributed by atoms with Crippen LogP contribution in [-0.2, 0) is 0 Å². The second-order valence-electron chi connectivity index (χ2n) is 7.52. The largest absolute Gasteiger partial charge is 0.364 e. The topological polar surface area (TPSA) is 40.6 Å². The van der Waals surface area contributed by atoms with Crippen LogP contribution in [0.4, 0.5) is 20.2 Å². The molecule has 1 aliphatic heterocycles. The summed E-state index contributed by atoms with van der Waals surface area (Å²) in [5, 5.41) is 0.453. The van der Waals surface area contributed by atoms with E-state index in [4.69, 9.17) is 23.2 Å². The van der Waals surface area contributed by atoms with Crippen LogP contribution in [-0.4, -0.2) is 38.5 Å². The highest BCUT2D eigenvalue weighted by molar-refractivity contribution is 6.34. The van der Waals surface area contributed by atoms with E-state index in [0.29, 0.717) is 33.1 Å². The number of carbonyl (C=O) groups is 2. The minimum absolute atomic E-state index is 0.00486. The summed E-state index contributed by atoms with van der Waals surface area (Å²) >= 11 is 12.4. The standard InChI is InChI=1S/C24H18Cl2F2N2O2/c1-29(24(32)23-19(26)3-2-4-20(23)28)21-8-6-15(10-22(21)30-11-16(27)12-30)17-9-14(13-31)5-7-18(17)25/h2-10,13,16H,11-12H2,1H3. The van der Waals surface area contributed by atoms with E-state index in [0.717, 1.165) is 6.29 Å².